The first-order chi connectivity index (χ1) is 8.49. The standard InChI is InChI=1S/C13H18N2O3/c1-4-14(8-10(2)3)12-6-5-11(9-16)7-13(12)15(17)18/h5-7,16H,2,4,8-9H2,1,3H3. The van der Waals surface area contributed by atoms with Crippen LogP contribution in [0, 0.1) is 10.1 Å². The van der Waals surface area contributed by atoms with Crippen LogP contribution in [0.4, 0.5) is 11.4 Å². The minimum atomic E-state index is -0.421. The molecule has 1 N–H and O–H groups in total. The van der Waals surface area contributed by atoms with Crippen molar-refractivity contribution in [2.75, 3.05) is 18.0 Å². The van der Waals surface area contributed by atoms with Crippen LogP contribution in [-0.2, 0) is 6.61 Å². The van der Waals surface area contributed by atoms with Crippen molar-refractivity contribution >= 4 is 11.4 Å². The maximum absolute atomic E-state index is 11.1. The van der Waals surface area contributed by atoms with Gasteiger partial charge in [0.25, 0.3) is 5.69 Å². The molecule has 1 aromatic rings. The third-order valence-corrected chi connectivity index (χ3v) is 2.60. The summed E-state index contributed by atoms with van der Waals surface area (Å²) in [7, 11) is 0. The van der Waals surface area contributed by atoms with Gasteiger partial charge in [-0.05, 0) is 25.5 Å². The zero-order chi connectivity index (χ0) is 13.7. The lowest BCUT2D eigenvalue weighted by molar-refractivity contribution is -0.384. The first-order valence-corrected chi connectivity index (χ1v) is 5.77. The van der Waals surface area contributed by atoms with E-state index in [4.69, 9.17) is 5.11 Å². The van der Waals surface area contributed by atoms with Gasteiger partial charge in [-0.15, -0.1) is 0 Å². The Morgan fingerprint density at radius 3 is 2.67 bits per heavy atom. The number of aliphatic hydroxyl groups excluding tert-OH is 1. The number of anilines is 1. The first-order valence-electron chi connectivity index (χ1n) is 5.77. The predicted octanol–water partition coefficient (Wildman–Crippen LogP) is 2.49. The number of nitro groups is 1. The average Bonchev–Trinajstić information content (AvgIpc) is 2.34. The van der Waals surface area contributed by atoms with Crippen molar-refractivity contribution in [3.63, 3.8) is 0 Å². The molecule has 0 amide bonds. The zero-order valence-corrected chi connectivity index (χ0v) is 10.7. The topological polar surface area (TPSA) is 66.6 Å². The van der Waals surface area contributed by atoms with Gasteiger partial charge in [0.1, 0.15) is 5.69 Å². The molecule has 0 aromatic heterocycles. The van der Waals surface area contributed by atoms with Crippen LogP contribution in [0.25, 0.3) is 0 Å². The van der Waals surface area contributed by atoms with Crippen molar-refractivity contribution in [2.24, 2.45) is 0 Å². The summed E-state index contributed by atoms with van der Waals surface area (Å²) < 4.78 is 0. The summed E-state index contributed by atoms with van der Waals surface area (Å²) in [6.07, 6.45) is 0. The van der Waals surface area contributed by atoms with Gasteiger partial charge in [0, 0.05) is 19.2 Å². The van der Waals surface area contributed by atoms with Crippen molar-refractivity contribution in [1.82, 2.24) is 0 Å². The number of hydrogen-bond donors (Lipinski definition) is 1. The Morgan fingerprint density at radius 1 is 1.56 bits per heavy atom. The van der Waals surface area contributed by atoms with E-state index in [1.807, 2.05) is 18.7 Å². The smallest absolute Gasteiger partial charge is 0.292 e. The molecule has 0 radical (unpaired) electrons. The number of hydrogen-bond acceptors (Lipinski definition) is 4. The highest BCUT2D eigenvalue weighted by Gasteiger charge is 2.19. The summed E-state index contributed by atoms with van der Waals surface area (Å²) in [5.41, 5.74) is 2.06. The second kappa shape index (κ2) is 6.16. The molecule has 18 heavy (non-hydrogen) atoms. The van der Waals surface area contributed by atoms with E-state index in [9.17, 15) is 10.1 Å². The molecule has 0 saturated carbocycles. The van der Waals surface area contributed by atoms with Gasteiger partial charge >= 0.3 is 0 Å². The van der Waals surface area contributed by atoms with E-state index >= 15 is 0 Å². The van der Waals surface area contributed by atoms with Gasteiger partial charge in [-0.1, -0.05) is 18.2 Å². The summed E-state index contributed by atoms with van der Waals surface area (Å²) in [4.78, 5) is 12.5. The Bertz CT molecular complexity index is 458. The summed E-state index contributed by atoms with van der Waals surface area (Å²) >= 11 is 0. The Kier molecular flexibility index (Phi) is 4.85. The number of nitrogens with zero attached hydrogens (tertiary/aromatic N) is 2. The summed E-state index contributed by atoms with van der Waals surface area (Å²) in [6, 6.07) is 4.79. The second-order valence-electron chi connectivity index (χ2n) is 4.21. The fourth-order valence-corrected chi connectivity index (χ4v) is 1.77. The molecule has 0 spiro atoms. The highest BCUT2D eigenvalue weighted by molar-refractivity contribution is 5.64. The maximum atomic E-state index is 11.1. The summed E-state index contributed by atoms with van der Waals surface area (Å²) in [5, 5.41) is 20.1. The van der Waals surface area contributed by atoms with Crippen molar-refractivity contribution in [1.29, 1.82) is 0 Å². The van der Waals surface area contributed by atoms with Crippen LogP contribution in [0.5, 0.6) is 0 Å². The first kappa shape index (κ1) is 14.2. The van der Waals surface area contributed by atoms with Crippen molar-refractivity contribution in [2.45, 2.75) is 20.5 Å². The Balaban J connectivity index is 3.20. The van der Waals surface area contributed by atoms with E-state index in [2.05, 4.69) is 6.58 Å². The van der Waals surface area contributed by atoms with Gasteiger partial charge in [-0.25, -0.2) is 0 Å². The minimum absolute atomic E-state index is 0.0182. The molecule has 5 heteroatoms. The van der Waals surface area contributed by atoms with Gasteiger partial charge in [0.05, 0.1) is 11.5 Å². The Hall–Kier alpha value is -1.88. The highest BCUT2D eigenvalue weighted by Crippen LogP contribution is 2.29. The lowest BCUT2D eigenvalue weighted by Crippen LogP contribution is -2.25. The molecule has 98 valence electrons. The van der Waals surface area contributed by atoms with Gasteiger partial charge in [-0.2, -0.15) is 0 Å². The normalized spacial score (nSPS) is 10.2. The molecule has 0 bridgehead atoms. The molecule has 5 nitrogen and oxygen atoms in total. The Morgan fingerprint density at radius 2 is 2.22 bits per heavy atom. The van der Waals surface area contributed by atoms with Crippen LogP contribution in [0.2, 0.25) is 0 Å². The number of benzene rings is 1. The van der Waals surface area contributed by atoms with Crippen LogP contribution >= 0.6 is 0 Å². The molecule has 0 saturated heterocycles. The van der Waals surface area contributed by atoms with E-state index < -0.39 is 4.92 Å². The van der Waals surface area contributed by atoms with E-state index in [-0.39, 0.29) is 12.3 Å². The van der Waals surface area contributed by atoms with E-state index in [1.165, 1.54) is 6.07 Å². The van der Waals surface area contributed by atoms with Gasteiger partial charge < -0.3 is 10.0 Å². The molecule has 1 rings (SSSR count). The van der Waals surface area contributed by atoms with Gasteiger partial charge in [0.15, 0.2) is 0 Å². The molecule has 0 aliphatic rings. The molecular weight excluding hydrogens is 232 g/mol. The molecule has 0 heterocycles. The van der Waals surface area contributed by atoms with Crippen LogP contribution in [0.15, 0.2) is 30.4 Å². The number of nitro benzene ring substituents is 1. The lowest BCUT2D eigenvalue weighted by Gasteiger charge is -2.23. The quantitative estimate of drug-likeness (QED) is 0.478. The molecule has 0 atom stereocenters. The van der Waals surface area contributed by atoms with Crippen LogP contribution in [-0.4, -0.2) is 23.1 Å². The number of aliphatic hydroxyl groups is 1. The number of rotatable bonds is 6. The zero-order valence-electron chi connectivity index (χ0n) is 10.7. The summed E-state index contributed by atoms with van der Waals surface area (Å²) in [5.74, 6) is 0. The van der Waals surface area contributed by atoms with Gasteiger partial charge in [-0.3, -0.25) is 10.1 Å². The largest absolute Gasteiger partial charge is 0.392 e. The summed E-state index contributed by atoms with van der Waals surface area (Å²) in [6.45, 7) is 8.69. The molecule has 0 aliphatic carbocycles. The van der Waals surface area contributed by atoms with E-state index in [0.717, 1.165) is 5.57 Å². The fraction of sp³-hybridized carbons (Fsp3) is 0.385. The minimum Gasteiger partial charge on any atom is -0.392 e. The molecule has 0 fully saturated rings. The van der Waals surface area contributed by atoms with Crippen molar-refractivity contribution in [3.8, 4) is 0 Å². The van der Waals surface area contributed by atoms with Crippen LogP contribution in [0.3, 0.4) is 0 Å². The van der Waals surface area contributed by atoms with Crippen molar-refractivity contribution < 1.29 is 10.0 Å². The maximum Gasteiger partial charge on any atom is 0.292 e. The van der Waals surface area contributed by atoms with E-state index in [1.54, 1.807) is 12.1 Å². The van der Waals surface area contributed by atoms with Crippen LogP contribution < -0.4 is 4.90 Å². The highest BCUT2D eigenvalue weighted by atomic mass is 16.6. The molecule has 0 aliphatic heterocycles. The molecular formula is C13H18N2O3. The van der Waals surface area contributed by atoms with Crippen molar-refractivity contribution in [3.05, 3.63) is 46.0 Å². The lowest BCUT2D eigenvalue weighted by atomic mass is 10.1. The molecule has 1 aromatic carbocycles. The third-order valence-electron chi connectivity index (χ3n) is 2.60. The monoisotopic (exact) mass is 250 g/mol. The fourth-order valence-electron chi connectivity index (χ4n) is 1.77. The average molecular weight is 250 g/mol. The second-order valence-corrected chi connectivity index (χ2v) is 4.21. The third kappa shape index (κ3) is 3.30. The van der Waals surface area contributed by atoms with Crippen LogP contribution in [0.1, 0.15) is 19.4 Å². The number of likely N-dealkylation sites (N-methyl/N-ethyl adjacent to an activating group) is 1. The molecule has 0 unspecified atom stereocenters. The Labute approximate surface area is 107 Å². The SMILES string of the molecule is C=C(C)CN(CC)c1ccc(CO)cc1[N+](=O)[O-]. The van der Waals surface area contributed by atoms with Gasteiger partial charge in [0.2, 0.25) is 0 Å². The van der Waals surface area contributed by atoms with E-state index in [0.29, 0.717) is 24.3 Å². The predicted molar refractivity (Wildman–Crippen MR) is 71.7 cm³/mol.